The van der Waals surface area contributed by atoms with Crippen molar-refractivity contribution in [2.24, 2.45) is 0 Å². The van der Waals surface area contributed by atoms with Gasteiger partial charge in [-0.05, 0) is 30.7 Å². The average molecular weight is 280 g/mol. The summed E-state index contributed by atoms with van der Waals surface area (Å²) in [5, 5.41) is 0.949. The predicted octanol–water partition coefficient (Wildman–Crippen LogP) is 4.06. The summed E-state index contributed by atoms with van der Waals surface area (Å²) in [4.78, 5) is 10.8. The van der Waals surface area contributed by atoms with Crippen LogP contribution in [0.5, 0.6) is 5.75 Å². The van der Waals surface area contributed by atoms with Crippen molar-refractivity contribution in [2.75, 3.05) is 0 Å². The van der Waals surface area contributed by atoms with Crippen LogP contribution < -0.4 is 4.74 Å². The molecule has 0 atom stereocenters. The standard InChI is InChI=1S/C18H16O3/c1-13-16(9-10-19)17-11-15(7-8-18(17)21-13)20-12-14-5-3-2-4-6-14/h2-8,10-11H,9,12H2,1H3. The molecule has 106 valence electrons. The molecule has 0 aliphatic carbocycles. The van der Waals surface area contributed by atoms with E-state index in [9.17, 15) is 4.79 Å². The Balaban J connectivity index is 1.86. The fraction of sp³-hybridized carbons (Fsp3) is 0.167. The maximum atomic E-state index is 10.8. The highest BCUT2D eigenvalue weighted by Crippen LogP contribution is 2.29. The summed E-state index contributed by atoms with van der Waals surface area (Å²) in [5.74, 6) is 1.57. The predicted molar refractivity (Wildman–Crippen MR) is 81.5 cm³/mol. The lowest BCUT2D eigenvalue weighted by atomic mass is 10.1. The Morgan fingerprint density at radius 3 is 2.71 bits per heavy atom. The molecule has 0 fully saturated rings. The number of carbonyl (C=O) groups is 1. The number of rotatable bonds is 5. The summed E-state index contributed by atoms with van der Waals surface area (Å²) in [7, 11) is 0. The van der Waals surface area contributed by atoms with Crippen LogP contribution in [0.4, 0.5) is 0 Å². The van der Waals surface area contributed by atoms with Gasteiger partial charge in [-0.25, -0.2) is 0 Å². The smallest absolute Gasteiger partial charge is 0.134 e. The maximum absolute atomic E-state index is 10.8. The zero-order valence-corrected chi connectivity index (χ0v) is 11.8. The minimum Gasteiger partial charge on any atom is -0.489 e. The normalized spacial score (nSPS) is 10.7. The van der Waals surface area contributed by atoms with Crippen LogP contribution in [0, 0.1) is 6.92 Å². The lowest BCUT2D eigenvalue weighted by Gasteiger charge is -2.06. The van der Waals surface area contributed by atoms with Crippen molar-refractivity contribution in [2.45, 2.75) is 20.0 Å². The van der Waals surface area contributed by atoms with Crippen molar-refractivity contribution in [1.29, 1.82) is 0 Å². The van der Waals surface area contributed by atoms with Crippen molar-refractivity contribution >= 4 is 17.3 Å². The lowest BCUT2D eigenvalue weighted by Crippen LogP contribution is -1.95. The van der Waals surface area contributed by atoms with Crippen LogP contribution in [-0.4, -0.2) is 6.29 Å². The first-order valence-electron chi connectivity index (χ1n) is 6.90. The van der Waals surface area contributed by atoms with E-state index in [4.69, 9.17) is 9.15 Å². The topological polar surface area (TPSA) is 39.4 Å². The van der Waals surface area contributed by atoms with Gasteiger partial charge in [-0.2, -0.15) is 0 Å². The number of aldehydes is 1. The summed E-state index contributed by atoms with van der Waals surface area (Å²) in [6.45, 7) is 2.40. The van der Waals surface area contributed by atoms with Crippen molar-refractivity contribution in [1.82, 2.24) is 0 Å². The van der Waals surface area contributed by atoms with Gasteiger partial charge < -0.3 is 13.9 Å². The van der Waals surface area contributed by atoms with Crippen LogP contribution in [-0.2, 0) is 17.8 Å². The van der Waals surface area contributed by atoms with E-state index >= 15 is 0 Å². The largest absolute Gasteiger partial charge is 0.489 e. The second-order valence-electron chi connectivity index (χ2n) is 4.94. The third-order valence-electron chi connectivity index (χ3n) is 3.50. The van der Waals surface area contributed by atoms with Crippen LogP contribution >= 0.6 is 0 Å². The first kappa shape index (κ1) is 13.4. The number of carbonyl (C=O) groups excluding carboxylic acids is 1. The molecular weight excluding hydrogens is 264 g/mol. The SMILES string of the molecule is Cc1oc2ccc(OCc3ccccc3)cc2c1CC=O. The summed E-state index contributed by atoms with van der Waals surface area (Å²) in [6.07, 6.45) is 1.26. The van der Waals surface area contributed by atoms with E-state index in [2.05, 4.69) is 0 Å². The Labute approximate surface area is 123 Å². The van der Waals surface area contributed by atoms with Gasteiger partial charge in [-0.15, -0.1) is 0 Å². The van der Waals surface area contributed by atoms with Crippen LogP contribution in [0.3, 0.4) is 0 Å². The fourth-order valence-corrected chi connectivity index (χ4v) is 2.42. The Hall–Kier alpha value is -2.55. The monoisotopic (exact) mass is 280 g/mol. The van der Waals surface area contributed by atoms with Gasteiger partial charge in [0.15, 0.2) is 0 Å². The van der Waals surface area contributed by atoms with Crippen molar-refractivity contribution in [3.8, 4) is 5.75 Å². The van der Waals surface area contributed by atoms with Gasteiger partial charge in [0.25, 0.3) is 0 Å². The zero-order valence-electron chi connectivity index (χ0n) is 11.8. The van der Waals surface area contributed by atoms with Crippen molar-refractivity contribution in [3.05, 3.63) is 65.4 Å². The van der Waals surface area contributed by atoms with Gasteiger partial charge in [-0.1, -0.05) is 30.3 Å². The van der Waals surface area contributed by atoms with Gasteiger partial charge in [0.1, 0.15) is 30.0 Å². The number of benzene rings is 2. The van der Waals surface area contributed by atoms with Crippen LogP contribution in [0.15, 0.2) is 52.9 Å². The summed E-state index contributed by atoms with van der Waals surface area (Å²) < 4.78 is 11.5. The zero-order chi connectivity index (χ0) is 14.7. The Morgan fingerprint density at radius 2 is 1.95 bits per heavy atom. The van der Waals surface area contributed by atoms with Gasteiger partial charge in [-0.3, -0.25) is 0 Å². The second-order valence-corrected chi connectivity index (χ2v) is 4.94. The third-order valence-corrected chi connectivity index (χ3v) is 3.50. The molecule has 3 nitrogen and oxygen atoms in total. The highest BCUT2D eigenvalue weighted by molar-refractivity contribution is 5.85. The average Bonchev–Trinajstić information content (AvgIpc) is 2.82. The number of furan rings is 1. The summed E-state index contributed by atoms with van der Waals surface area (Å²) in [6, 6.07) is 15.7. The molecule has 0 aliphatic heterocycles. The van der Waals surface area contributed by atoms with Gasteiger partial charge in [0.05, 0.1) is 0 Å². The highest BCUT2D eigenvalue weighted by Gasteiger charge is 2.11. The molecular formula is C18H16O3. The number of fused-ring (bicyclic) bond motifs is 1. The first-order chi connectivity index (χ1) is 10.3. The van der Waals surface area contributed by atoms with E-state index in [1.807, 2.05) is 55.5 Å². The molecule has 0 saturated heterocycles. The van der Waals surface area contributed by atoms with E-state index in [1.165, 1.54) is 0 Å². The minimum atomic E-state index is 0.362. The molecule has 2 aromatic carbocycles. The molecule has 21 heavy (non-hydrogen) atoms. The van der Waals surface area contributed by atoms with E-state index in [1.54, 1.807) is 0 Å². The van der Waals surface area contributed by atoms with E-state index in [0.29, 0.717) is 13.0 Å². The van der Waals surface area contributed by atoms with Gasteiger partial charge in [0.2, 0.25) is 0 Å². The van der Waals surface area contributed by atoms with E-state index in [0.717, 1.165) is 39.9 Å². The molecule has 3 rings (SSSR count). The molecule has 3 aromatic rings. The molecule has 3 heteroatoms. The molecule has 0 saturated carbocycles. The van der Waals surface area contributed by atoms with Crippen molar-refractivity contribution < 1.29 is 13.9 Å². The molecule has 0 aliphatic rings. The quantitative estimate of drug-likeness (QED) is 0.661. The molecule has 1 aromatic heterocycles. The van der Waals surface area contributed by atoms with Crippen LogP contribution in [0.25, 0.3) is 11.0 Å². The molecule has 0 amide bonds. The molecule has 0 N–H and O–H groups in total. The summed E-state index contributed by atoms with van der Waals surface area (Å²) >= 11 is 0. The van der Waals surface area contributed by atoms with Crippen LogP contribution in [0.1, 0.15) is 16.9 Å². The number of hydrogen-bond acceptors (Lipinski definition) is 3. The molecule has 1 heterocycles. The Bertz CT molecular complexity index is 757. The fourth-order valence-electron chi connectivity index (χ4n) is 2.42. The lowest BCUT2D eigenvalue weighted by molar-refractivity contribution is -0.107. The molecule has 0 spiro atoms. The molecule has 0 radical (unpaired) electrons. The molecule has 0 bridgehead atoms. The number of aryl methyl sites for hydroxylation is 1. The van der Waals surface area contributed by atoms with Crippen LogP contribution in [0.2, 0.25) is 0 Å². The Kier molecular flexibility index (Phi) is 3.73. The highest BCUT2D eigenvalue weighted by atomic mass is 16.5. The third kappa shape index (κ3) is 2.82. The minimum absolute atomic E-state index is 0.362. The summed E-state index contributed by atoms with van der Waals surface area (Å²) in [5.41, 5.74) is 2.84. The van der Waals surface area contributed by atoms with E-state index in [-0.39, 0.29) is 0 Å². The Morgan fingerprint density at radius 1 is 1.14 bits per heavy atom. The number of hydrogen-bond donors (Lipinski definition) is 0. The second kappa shape index (κ2) is 5.83. The first-order valence-corrected chi connectivity index (χ1v) is 6.90. The van der Waals surface area contributed by atoms with Crippen molar-refractivity contribution in [3.63, 3.8) is 0 Å². The van der Waals surface area contributed by atoms with Gasteiger partial charge >= 0.3 is 0 Å². The van der Waals surface area contributed by atoms with Gasteiger partial charge in [0, 0.05) is 17.4 Å². The molecule has 0 unspecified atom stereocenters. The number of ether oxygens (including phenoxy) is 1. The van der Waals surface area contributed by atoms with E-state index < -0.39 is 0 Å². The maximum Gasteiger partial charge on any atom is 0.134 e.